The first-order valence-corrected chi connectivity index (χ1v) is 10.5. The fraction of sp³-hybridized carbons (Fsp3) is 0.579. The largest absolute Gasteiger partial charge is 0.392 e. The van der Waals surface area contributed by atoms with Crippen molar-refractivity contribution in [1.29, 1.82) is 0 Å². The van der Waals surface area contributed by atoms with Crippen molar-refractivity contribution in [3.63, 3.8) is 0 Å². The van der Waals surface area contributed by atoms with Gasteiger partial charge >= 0.3 is 0 Å². The topological polar surface area (TPSA) is 49.7 Å². The maximum absolute atomic E-state index is 10.5. The highest BCUT2D eigenvalue weighted by molar-refractivity contribution is 8.18. The first kappa shape index (κ1) is 19.9. The van der Waals surface area contributed by atoms with Gasteiger partial charge in [-0.3, -0.25) is 0 Å². The van der Waals surface area contributed by atoms with Crippen LogP contribution in [-0.4, -0.2) is 45.1 Å². The molecule has 0 aliphatic carbocycles. The summed E-state index contributed by atoms with van der Waals surface area (Å²) in [5.41, 5.74) is 1.13. The molecule has 3 nitrogen and oxygen atoms in total. The number of aliphatic hydroxyl groups is 2. The summed E-state index contributed by atoms with van der Waals surface area (Å²) in [6, 6.07) is 10.0. The molecule has 2 rings (SSSR count). The molecular weight excluding hydrogens is 340 g/mol. The number of ether oxygens (including phenoxy) is 1. The Labute approximate surface area is 153 Å². The molecule has 0 aromatic heterocycles. The van der Waals surface area contributed by atoms with Crippen LogP contribution < -0.4 is 0 Å². The van der Waals surface area contributed by atoms with Gasteiger partial charge in [0, 0.05) is 0 Å². The van der Waals surface area contributed by atoms with Crippen molar-refractivity contribution in [3.8, 4) is 0 Å². The minimum atomic E-state index is -0.475. The quantitative estimate of drug-likeness (QED) is 0.651. The van der Waals surface area contributed by atoms with E-state index in [0.717, 1.165) is 17.1 Å². The third kappa shape index (κ3) is 6.12. The molecule has 2 N–H and O–H groups in total. The van der Waals surface area contributed by atoms with Gasteiger partial charge in [-0.25, -0.2) is 0 Å². The third-order valence-electron chi connectivity index (χ3n) is 4.15. The Balaban J connectivity index is 1.87. The smallest absolute Gasteiger partial charge is 0.0795 e. The predicted octanol–water partition coefficient (Wildman–Crippen LogP) is 3.71. The van der Waals surface area contributed by atoms with Crippen LogP contribution in [0.1, 0.15) is 25.3 Å². The Kier molecular flexibility index (Phi) is 8.70. The first-order valence-electron chi connectivity index (χ1n) is 8.51. The van der Waals surface area contributed by atoms with Gasteiger partial charge in [0.1, 0.15) is 0 Å². The van der Waals surface area contributed by atoms with Crippen LogP contribution in [0.3, 0.4) is 0 Å². The molecule has 24 heavy (non-hydrogen) atoms. The highest BCUT2D eigenvalue weighted by atomic mass is 32.2. The molecule has 1 heterocycles. The normalized spacial score (nSPS) is 20.1. The molecule has 0 bridgehead atoms. The number of allylic oxidation sites excluding steroid dienone is 1. The lowest BCUT2D eigenvalue weighted by molar-refractivity contribution is 0.0220. The average Bonchev–Trinajstić information content (AvgIpc) is 2.61. The summed E-state index contributed by atoms with van der Waals surface area (Å²) < 4.78 is 5.67. The van der Waals surface area contributed by atoms with Crippen molar-refractivity contribution in [2.75, 3.05) is 24.7 Å². The zero-order chi connectivity index (χ0) is 17.3. The standard InChI is InChI=1S/C19H28O3S2/c1-16(7-5-10-20)19(23-11-6-12-24-19)13-18(21)15-22-14-17-8-3-2-4-9-17/h2-5,7-9,16,18,20-21H,6,10-15H2,1H3/b7-5+/t16-,18-/m0/s1. The van der Waals surface area contributed by atoms with E-state index >= 15 is 0 Å². The highest BCUT2D eigenvalue weighted by Gasteiger charge is 2.39. The second-order valence-electron chi connectivity index (χ2n) is 6.12. The van der Waals surface area contributed by atoms with Crippen LogP contribution in [0, 0.1) is 5.92 Å². The van der Waals surface area contributed by atoms with E-state index in [4.69, 9.17) is 9.84 Å². The maximum atomic E-state index is 10.5. The van der Waals surface area contributed by atoms with Crippen molar-refractivity contribution in [3.05, 3.63) is 48.0 Å². The average molecular weight is 369 g/mol. The van der Waals surface area contributed by atoms with Crippen molar-refractivity contribution >= 4 is 23.5 Å². The fourth-order valence-electron chi connectivity index (χ4n) is 2.84. The third-order valence-corrected chi connectivity index (χ3v) is 7.89. The van der Waals surface area contributed by atoms with Crippen molar-refractivity contribution in [2.45, 2.75) is 36.6 Å². The Morgan fingerprint density at radius 2 is 1.96 bits per heavy atom. The summed E-state index contributed by atoms with van der Waals surface area (Å²) in [4.78, 5) is 0. The summed E-state index contributed by atoms with van der Waals surface area (Å²) in [6.45, 7) is 3.13. The lowest BCUT2D eigenvalue weighted by Crippen LogP contribution is -2.37. The molecule has 2 atom stereocenters. The van der Waals surface area contributed by atoms with Gasteiger partial charge in [-0.1, -0.05) is 49.4 Å². The van der Waals surface area contributed by atoms with Crippen LogP contribution in [0.2, 0.25) is 0 Å². The number of aliphatic hydroxyl groups excluding tert-OH is 2. The SMILES string of the molecule is C[C@@H](/C=C/CO)C1(C[C@H](O)COCc2ccccc2)SCCCS1. The first-order chi connectivity index (χ1) is 11.7. The fourth-order valence-corrected chi connectivity index (χ4v) is 6.43. The number of hydrogen-bond donors (Lipinski definition) is 2. The molecule has 0 spiro atoms. The summed E-state index contributed by atoms with van der Waals surface area (Å²) in [5, 5.41) is 19.5. The summed E-state index contributed by atoms with van der Waals surface area (Å²) in [7, 11) is 0. The van der Waals surface area contributed by atoms with Crippen LogP contribution in [0.4, 0.5) is 0 Å². The molecule has 0 unspecified atom stereocenters. The van der Waals surface area contributed by atoms with Gasteiger partial charge in [0.05, 0.1) is 30.0 Å². The Morgan fingerprint density at radius 3 is 2.62 bits per heavy atom. The minimum absolute atomic E-state index is 0.0283. The van der Waals surface area contributed by atoms with E-state index in [1.807, 2.05) is 53.9 Å². The number of rotatable bonds is 9. The Bertz CT molecular complexity index is 487. The van der Waals surface area contributed by atoms with Crippen molar-refractivity contribution in [2.24, 2.45) is 5.92 Å². The lowest BCUT2D eigenvalue weighted by atomic mass is 10.0. The maximum Gasteiger partial charge on any atom is 0.0795 e. The zero-order valence-electron chi connectivity index (χ0n) is 14.3. The van der Waals surface area contributed by atoms with E-state index in [1.165, 1.54) is 6.42 Å². The van der Waals surface area contributed by atoms with Gasteiger partial charge in [-0.15, -0.1) is 23.5 Å². The van der Waals surface area contributed by atoms with Crippen LogP contribution in [-0.2, 0) is 11.3 Å². The van der Waals surface area contributed by atoms with Gasteiger partial charge in [0.25, 0.3) is 0 Å². The van der Waals surface area contributed by atoms with Crippen LogP contribution in [0.25, 0.3) is 0 Å². The number of thioether (sulfide) groups is 2. The molecule has 5 heteroatoms. The molecular formula is C19H28O3S2. The molecule has 134 valence electrons. The predicted molar refractivity (Wildman–Crippen MR) is 104 cm³/mol. The number of benzene rings is 1. The van der Waals surface area contributed by atoms with Crippen LogP contribution in [0.15, 0.2) is 42.5 Å². The molecule has 1 aliphatic heterocycles. The molecule has 0 saturated carbocycles. The lowest BCUT2D eigenvalue weighted by Gasteiger charge is -2.41. The van der Waals surface area contributed by atoms with Gasteiger partial charge in [-0.2, -0.15) is 0 Å². The van der Waals surface area contributed by atoms with Crippen LogP contribution in [0.5, 0.6) is 0 Å². The summed E-state index contributed by atoms with van der Waals surface area (Å²) in [5.74, 6) is 2.55. The second kappa shape index (κ2) is 10.5. The van der Waals surface area contributed by atoms with Gasteiger partial charge in [0.15, 0.2) is 0 Å². The van der Waals surface area contributed by atoms with Gasteiger partial charge in [0.2, 0.25) is 0 Å². The van der Waals surface area contributed by atoms with E-state index in [1.54, 1.807) is 6.08 Å². The summed E-state index contributed by atoms with van der Waals surface area (Å²) in [6.07, 6.45) is 5.32. The van der Waals surface area contributed by atoms with E-state index in [2.05, 4.69) is 13.0 Å². The van der Waals surface area contributed by atoms with E-state index in [-0.39, 0.29) is 10.7 Å². The second-order valence-corrected chi connectivity index (χ2v) is 9.23. The monoisotopic (exact) mass is 368 g/mol. The molecule has 0 radical (unpaired) electrons. The number of hydrogen-bond acceptors (Lipinski definition) is 5. The van der Waals surface area contributed by atoms with E-state index in [9.17, 15) is 5.11 Å². The molecule has 1 fully saturated rings. The highest BCUT2D eigenvalue weighted by Crippen LogP contribution is 2.51. The molecule has 1 aliphatic rings. The molecule has 0 amide bonds. The summed E-state index contributed by atoms with van der Waals surface area (Å²) >= 11 is 3.88. The Morgan fingerprint density at radius 1 is 1.25 bits per heavy atom. The van der Waals surface area contributed by atoms with Crippen LogP contribution >= 0.6 is 23.5 Å². The van der Waals surface area contributed by atoms with Crippen molar-refractivity contribution in [1.82, 2.24) is 0 Å². The molecule has 1 aromatic rings. The van der Waals surface area contributed by atoms with Gasteiger partial charge in [-0.05, 0) is 35.8 Å². The zero-order valence-corrected chi connectivity index (χ0v) is 15.9. The van der Waals surface area contributed by atoms with Gasteiger partial charge < -0.3 is 14.9 Å². The van der Waals surface area contributed by atoms with Crippen molar-refractivity contribution < 1.29 is 14.9 Å². The Hall–Kier alpha value is -0.460. The van der Waals surface area contributed by atoms with E-state index in [0.29, 0.717) is 25.6 Å². The molecule has 1 aromatic carbocycles. The van der Waals surface area contributed by atoms with E-state index < -0.39 is 6.10 Å². The molecule has 1 saturated heterocycles. The minimum Gasteiger partial charge on any atom is -0.392 e.